The Morgan fingerprint density at radius 2 is 1.76 bits per heavy atom. The molecule has 1 heterocycles. The molecule has 1 nitrogen and oxygen atoms in total. The van der Waals surface area contributed by atoms with Crippen molar-refractivity contribution in [3.8, 4) is 0 Å². The molecule has 88 valence electrons. The van der Waals surface area contributed by atoms with Gasteiger partial charge in [0.05, 0.1) is 5.03 Å². The third-order valence-electron chi connectivity index (χ3n) is 3.12. The molecule has 0 aliphatic heterocycles. The van der Waals surface area contributed by atoms with Crippen molar-refractivity contribution in [2.75, 3.05) is 6.26 Å². The Morgan fingerprint density at radius 1 is 1.06 bits per heavy atom. The molecule has 0 aliphatic rings. The lowest BCUT2D eigenvalue weighted by Crippen LogP contribution is -2.01. The molecule has 2 heteroatoms. The fourth-order valence-electron chi connectivity index (χ4n) is 2.14. The minimum atomic E-state index is 0.396. The van der Waals surface area contributed by atoms with E-state index in [9.17, 15) is 0 Å². The van der Waals surface area contributed by atoms with Gasteiger partial charge in [-0.1, -0.05) is 37.3 Å². The second-order valence-corrected chi connectivity index (χ2v) is 4.98. The highest BCUT2D eigenvalue weighted by atomic mass is 32.2. The number of pyridine rings is 1. The zero-order valence-corrected chi connectivity index (χ0v) is 11.3. The van der Waals surface area contributed by atoms with Crippen LogP contribution in [0, 0.1) is 6.92 Å². The second kappa shape index (κ2) is 5.37. The van der Waals surface area contributed by atoms with E-state index in [0.717, 1.165) is 5.03 Å². The fraction of sp³-hybridized carbons (Fsp3) is 0.267. The first-order valence-corrected chi connectivity index (χ1v) is 7.01. The standard InChI is InChI=1S/C15H17NS/c1-11-7-4-5-8-13(11)12(2)14-9-6-10-16-15(14)17-3/h4-10,12H,1-3H3. The molecule has 0 saturated heterocycles. The van der Waals surface area contributed by atoms with Gasteiger partial charge in [-0.05, 0) is 35.9 Å². The number of benzene rings is 1. The van der Waals surface area contributed by atoms with Crippen LogP contribution in [0.1, 0.15) is 29.5 Å². The van der Waals surface area contributed by atoms with Gasteiger partial charge >= 0.3 is 0 Å². The first kappa shape index (κ1) is 12.2. The highest BCUT2D eigenvalue weighted by Crippen LogP contribution is 2.31. The van der Waals surface area contributed by atoms with E-state index in [0.29, 0.717) is 5.92 Å². The van der Waals surface area contributed by atoms with Crippen LogP contribution in [0.4, 0.5) is 0 Å². The molecule has 0 aliphatic carbocycles. The first-order chi connectivity index (χ1) is 8.24. The van der Waals surface area contributed by atoms with E-state index in [1.807, 2.05) is 12.3 Å². The Balaban J connectivity index is 2.44. The van der Waals surface area contributed by atoms with E-state index in [4.69, 9.17) is 0 Å². The molecule has 0 saturated carbocycles. The normalized spacial score (nSPS) is 12.4. The van der Waals surface area contributed by atoms with Gasteiger partial charge in [-0.25, -0.2) is 4.98 Å². The van der Waals surface area contributed by atoms with Crippen molar-refractivity contribution in [2.24, 2.45) is 0 Å². The van der Waals surface area contributed by atoms with Gasteiger partial charge in [0, 0.05) is 12.1 Å². The van der Waals surface area contributed by atoms with E-state index >= 15 is 0 Å². The van der Waals surface area contributed by atoms with Crippen LogP contribution in [0.2, 0.25) is 0 Å². The predicted molar refractivity (Wildman–Crippen MR) is 74.7 cm³/mol. The summed E-state index contributed by atoms with van der Waals surface area (Å²) < 4.78 is 0. The SMILES string of the molecule is CSc1ncccc1C(C)c1ccccc1C. The van der Waals surface area contributed by atoms with Gasteiger partial charge in [0.25, 0.3) is 0 Å². The van der Waals surface area contributed by atoms with Gasteiger partial charge in [-0.2, -0.15) is 0 Å². The average molecular weight is 243 g/mol. The van der Waals surface area contributed by atoms with Crippen LogP contribution >= 0.6 is 11.8 Å². The van der Waals surface area contributed by atoms with Crippen molar-refractivity contribution in [1.82, 2.24) is 4.98 Å². The summed E-state index contributed by atoms with van der Waals surface area (Å²) in [6, 6.07) is 12.8. The van der Waals surface area contributed by atoms with E-state index in [-0.39, 0.29) is 0 Å². The molecule has 1 aromatic heterocycles. The molecule has 0 N–H and O–H groups in total. The number of aryl methyl sites for hydroxylation is 1. The molecule has 2 aromatic rings. The minimum Gasteiger partial charge on any atom is -0.250 e. The lowest BCUT2D eigenvalue weighted by atomic mass is 9.91. The Bertz CT molecular complexity index is 508. The minimum absolute atomic E-state index is 0.396. The maximum Gasteiger partial charge on any atom is 0.0995 e. The summed E-state index contributed by atoms with van der Waals surface area (Å²) in [5, 5.41) is 1.13. The van der Waals surface area contributed by atoms with E-state index < -0.39 is 0 Å². The molecule has 0 fully saturated rings. The van der Waals surface area contributed by atoms with Gasteiger partial charge in [0.2, 0.25) is 0 Å². The van der Waals surface area contributed by atoms with Crippen LogP contribution in [0.15, 0.2) is 47.6 Å². The van der Waals surface area contributed by atoms with Gasteiger partial charge in [0.1, 0.15) is 0 Å². The predicted octanol–water partition coefficient (Wildman–Crippen LogP) is 4.26. The number of thioether (sulfide) groups is 1. The number of rotatable bonds is 3. The lowest BCUT2D eigenvalue weighted by molar-refractivity contribution is 0.856. The highest BCUT2D eigenvalue weighted by Gasteiger charge is 2.14. The molecule has 1 aromatic carbocycles. The molecular weight excluding hydrogens is 226 g/mol. The van der Waals surface area contributed by atoms with Crippen molar-refractivity contribution in [2.45, 2.75) is 24.8 Å². The topological polar surface area (TPSA) is 12.9 Å². The maximum atomic E-state index is 4.44. The Morgan fingerprint density at radius 3 is 2.47 bits per heavy atom. The zero-order valence-electron chi connectivity index (χ0n) is 10.5. The van der Waals surface area contributed by atoms with Crippen LogP contribution in [-0.2, 0) is 0 Å². The lowest BCUT2D eigenvalue weighted by Gasteiger charge is -2.17. The largest absolute Gasteiger partial charge is 0.250 e. The van der Waals surface area contributed by atoms with Crippen molar-refractivity contribution in [3.05, 3.63) is 59.3 Å². The van der Waals surface area contributed by atoms with Crippen molar-refractivity contribution in [3.63, 3.8) is 0 Å². The molecule has 0 bridgehead atoms. The van der Waals surface area contributed by atoms with Gasteiger partial charge in [-0.3, -0.25) is 0 Å². The van der Waals surface area contributed by atoms with Gasteiger partial charge < -0.3 is 0 Å². The van der Waals surface area contributed by atoms with Crippen LogP contribution in [0.25, 0.3) is 0 Å². The zero-order chi connectivity index (χ0) is 12.3. The summed E-state index contributed by atoms with van der Waals surface area (Å²) in [6.45, 7) is 4.42. The van der Waals surface area contributed by atoms with E-state index in [1.165, 1.54) is 16.7 Å². The van der Waals surface area contributed by atoms with E-state index in [2.05, 4.69) is 55.4 Å². The molecule has 0 spiro atoms. The molecule has 2 rings (SSSR count). The van der Waals surface area contributed by atoms with Crippen LogP contribution in [-0.4, -0.2) is 11.2 Å². The van der Waals surface area contributed by atoms with Crippen molar-refractivity contribution in [1.29, 1.82) is 0 Å². The summed E-state index contributed by atoms with van der Waals surface area (Å²) in [5.41, 5.74) is 4.04. The van der Waals surface area contributed by atoms with Crippen molar-refractivity contribution >= 4 is 11.8 Å². The molecular formula is C15H17NS. The molecule has 1 atom stereocenters. The molecule has 0 radical (unpaired) electrons. The molecule has 0 amide bonds. The monoisotopic (exact) mass is 243 g/mol. The van der Waals surface area contributed by atoms with Gasteiger partial charge in [0.15, 0.2) is 0 Å². The van der Waals surface area contributed by atoms with Crippen LogP contribution in [0.5, 0.6) is 0 Å². The summed E-state index contributed by atoms with van der Waals surface area (Å²) in [6.07, 6.45) is 3.94. The van der Waals surface area contributed by atoms with Crippen LogP contribution < -0.4 is 0 Å². The summed E-state index contributed by atoms with van der Waals surface area (Å²) in [5.74, 6) is 0.396. The maximum absolute atomic E-state index is 4.44. The average Bonchev–Trinajstić information content (AvgIpc) is 2.38. The number of hydrogen-bond donors (Lipinski definition) is 0. The molecule has 1 unspecified atom stereocenters. The van der Waals surface area contributed by atoms with E-state index in [1.54, 1.807) is 11.8 Å². The summed E-state index contributed by atoms with van der Waals surface area (Å²) in [7, 11) is 0. The third kappa shape index (κ3) is 2.52. The first-order valence-electron chi connectivity index (χ1n) is 5.78. The fourth-order valence-corrected chi connectivity index (χ4v) is 2.79. The van der Waals surface area contributed by atoms with Gasteiger partial charge in [-0.15, -0.1) is 11.8 Å². The third-order valence-corrected chi connectivity index (χ3v) is 3.84. The summed E-state index contributed by atoms with van der Waals surface area (Å²) in [4.78, 5) is 4.44. The Kier molecular flexibility index (Phi) is 3.85. The Hall–Kier alpha value is -1.28. The summed E-state index contributed by atoms with van der Waals surface area (Å²) >= 11 is 1.71. The Labute approximate surface area is 107 Å². The van der Waals surface area contributed by atoms with Crippen molar-refractivity contribution < 1.29 is 0 Å². The number of aromatic nitrogens is 1. The quantitative estimate of drug-likeness (QED) is 0.747. The smallest absolute Gasteiger partial charge is 0.0995 e. The van der Waals surface area contributed by atoms with Crippen LogP contribution in [0.3, 0.4) is 0 Å². The number of nitrogens with zero attached hydrogens (tertiary/aromatic N) is 1. The highest BCUT2D eigenvalue weighted by molar-refractivity contribution is 7.98. The number of hydrogen-bond acceptors (Lipinski definition) is 2. The second-order valence-electron chi connectivity index (χ2n) is 4.18. The molecule has 17 heavy (non-hydrogen) atoms.